The smallest absolute Gasteiger partial charge is 0.123 e. The molecule has 0 amide bonds. The molecule has 0 aliphatic carbocycles. The van der Waals surface area contributed by atoms with Crippen LogP contribution in [-0.4, -0.2) is 30.6 Å². The predicted octanol–water partition coefficient (Wildman–Crippen LogP) is 3.68. The molecule has 2 aromatic carbocycles. The Labute approximate surface area is 131 Å². The third kappa shape index (κ3) is 5.10. The highest BCUT2D eigenvalue weighted by Gasteiger charge is 2.08. The molecular weight excluding hydrogens is 277 g/mol. The summed E-state index contributed by atoms with van der Waals surface area (Å²) in [6, 6.07) is 14.1. The fourth-order valence-corrected chi connectivity index (χ4v) is 2.19. The largest absolute Gasteiger partial charge is 0.388 e. The van der Waals surface area contributed by atoms with Crippen LogP contribution in [0.4, 0.5) is 4.39 Å². The quantitative estimate of drug-likeness (QED) is 0.879. The molecule has 0 bridgehead atoms. The molecule has 0 saturated carbocycles. The summed E-state index contributed by atoms with van der Waals surface area (Å²) in [5.41, 5.74) is 2.90. The molecule has 0 radical (unpaired) electrons. The number of benzene rings is 2. The van der Waals surface area contributed by atoms with Crippen molar-refractivity contribution in [3.05, 3.63) is 77.1 Å². The van der Waals surface area contributed by atoms with Crippen molar-refractivity contribution < 1.29 is 9.50 Å². The van der Waals surface area contributed by atoms with E-state index in [1.807, 2.05) is 38.4 Å². The van der Waals surface area contributed by atoms with Gasteiger partial charge < -0.3 is 10.0 Å². The van der Waals surface area contributed by atoms with Crippen molar-refractivity contribution in [1.82, 2.24) is 4.90 Å². The lowest BCUT2D eigenvalue weighted by Gasteiger charge is -2.11. The molecule has 2 aromatic rings. The number of rotatable bonds is 6. The number of aliphatic hydroxyl groups is 1. The minimum absolute atomic E-state index is 0.257. The van der Waals surface area contributed by atoms with Gasteiger partial charge in [0.15, 0.2) is 0 Å². The molecule has 0 fully saturated rings. The van der Waals surface area contributed by atoms with E-state index >= 15 is 0 Å². The van der Waals surface area contributed by atoms with Crippen molar-refractivity contribution in [3.63, 3.8) is 0 Å². The fourth-order valence-electron chi connectivity index (χ4n) is 2.19. The van der Waals surface area contributed by atoms with Crippen LogP contribution in [-0.2, 0) is 6.42 Å². The van der Waals surface area contributed by atoms with Gasteiger partial charge in [-0.25, -0.2) is 4.39 Å². The van der Waals surface area contributed by atoms with Crippen molar-refractivity contribution in [2.45, 2.75) is 12.5 Å². The monoisotopic (exact) mass is 299 g/mol. The van der Waals surface area contributed by atoms with Crippen LogP contribution in [0.2, 0.25) is 0 Å². The van der Waals surface area contributed by atoms with Crippen LogP contribution in [0.15, 0.2) is 54.6 Å². The Bertz CT molecular complexity index is 602. The first-order chi connectivity index (χ1) is 10.5. The zero-order valence-electron chi connectivity index (χ0n) is 13.0. The molecule has 1 atom stereocenters. The molecule has 3 heteroatoms. The Balaban J connectivity index is 1.97. The van der Waals surface area contributed by atoms with E-state index in [0.29, 0.717) is 6.42 Å². The SMILES string of the molecule is CN(C)C/C=C/c1ccc(C(O)Cc2ccc(F)cc2)cc1. The number of hydrogen-bond donors (Lipinski definition) is 1. The van der Waals surface area contributed by atoms with Gasteiger partial charge in [-0.05, 0) is 42.9 Å². The van der Waals surface area contributed by atoms with E-state index in [1.54, 1.807) is 12.1 Å². The first-order valence-corrected chi connectivity index (χ1v) is 7.38. The second kappa shape index (κ2) is 7.87. The highest BCUT2D eigenvalue weighted by molar-refractivity contribution is 5.50. The summed E-state index contributed by atoms with van der Waals surface area (Å²) < 4.78 is 12.9. The molecule has 0 spiro atoms. The van der Waals surface area contributed by atoms with Crippen LogP contribution in [0.25, 0.3) is 6.08 Å². The molecule has 0 aliphatic heterocycles. The molecule has 1 N–H and O–H groups in total. The fraction of sp³-hybridized carbons (Fsp3) is 0.263. The van der Waals surface area contributed by atoms with Crippen LogP contribution in [0.3, 0.4) is 0 Å². The standard InChI is InChI=1S/C19H22FNO/c1-21(2)13-3-4-15-5-9-17(10-6-15)19(22)14-16-7-11-18(20)12-8-16/h3-12,19,22H,13-14H2,1-2H3/b4-3+. The van der Waals surface area contributed by atoms with E-state index in [-0.39, 0.29) is 5.82 Å². The molecule has 1 unspecified atom stereocenters. The minimum atomic E-state index is -0.578. The van der Waals surface area contributed by atoms with Gasteiger partial charge in [-0.15, -0.1) is 0 Å². The Morgan fingerprint density at radius 3 is 2.27 bits per heavy atom. The molecule has 2 rings (SSSR count). The Morgan fingerprint density at radius 1 is 1.05 bits per heavy atom. The maximum atomic E-state index is 12.9. The highest BCUT2D eigenvalue weighted by Crippen LogP contribution is 2.19. The second-order valence-electron chi connectivity index (χ2n) is 5.68. The lowest BCUT2D eigenvalue weighted by molar-refractivity contribution is 0.178. The summed E-state index contributed by atoms with van der Waals surface area (Å²) in [4.78, 5) is 2.09. The van der Waals surface area contributed by atoms with Crippen molar-refractivity contribution in [2.75, 3.05) is 20.6 Å². The normalized spacial score (nSPS) is 13.0. The van der Waals surface area contributed by atoms with E-state index in [0.717, 1.165) is 23.2 Å². The molecular formula is C19H22FNO. The van der Waals surface area contributed by atoms with E-state index < -0.39 is 6.10 Å². The van der Waals surface area contributed by atoms with Crippen molar-refractivity contribution in [3.8, 4) is 0 Å². The maximum absolute atomic E-state index is 12.9. The summed E-state index contributed by atoms with van der Waals surface area (Å²) >= 11 is 0. The van der Waals surface area contributed by atoms with Crippen molar-refractivity contribution in [2.24, 2.45) is 0 Å². The first kappa shape index (κ1) is 16.4. The number of halogens is 1. The van der Waals surface area contributed by atoms with Crippen LogP contribution in [0.5, 0.6) is 0 Å². The molecule has 0 aromatic heterocycles. The zero-order chi connectivity index (χ0) is 15.9. The van der Waals surface area contributed by atoms with Gasteiger partial charge in [-0.3, -0.25) is 0 Å². The lowest BCUT2D eigenvalue weighted by atomic mass is 10.0. The lowest BCUT2D eigenvalue weighted by Crippen LogP contribution is -2.10. The molecule has 116 valence electrons. The average Bonchev–Trinajstić information content (AvgIpc) is 2.50. The third-order valence-electron chi connectivity index (χ3n) is 3.44. The Morgan fingerprint density at radius 2 is 1.68 bits per heavy atom. The summed E-state index contributed by atoms with van der Waals surface area (Å²) in [7, 11) is 4.05. The zero-order valence-corrected chi connectivity index (χ0v) is 13.0. The van der Waals surface area contributed by atoms with Gasteiger partial charge >= 0.3 is 0 Å². The number of likely N-dealkylation sites (N-methyl/N-ethyl adjacent to an activating group) is 1. The van der Waals surface area contributed by atoms with Gasteiger partial charge in [0, 0.05) is 13.0 Å². The molecule has 0 saturated heterocycles. The highest BCUT2D eigenvalue weighted by atomic mass is 19.1. The minimum Gasteiger partial charge on any atom is -0.388 e. The van der Waals surface area contributed by atoms with Crippen LogP contribution >= 0.6 is 0 Å². The molecule has 0 heterocycles. The predicted molar refractivity (Wildman–Crippen MR) is 89.1 cm³/mol. The summed E-state index contributed by atoms with van der Waals surface area (Å²) in [5.74, 6) is -0.257. The van der Waals surface area contributed by atoms with Gasteiger partial charge in [0.2, 0.25) is 0 Å². The molecule has 22 heavy (non-hydrogen) atoms. The van der Waals surface area contributed by atoms with E-state index in [9.17, 15) is 9.50 Å². The van der Waals surface area contributed by atoms with Gasteiger partial charge in [-0.1, -0.05) is 48.6 Å². The Kier molecular flexibility index (Phi) is 5.87. The Hall–Kier alpha value is -1.97. The second-order valence-corrected chi connectivity index (χ2v) is 5.68. The van der Waals surface area contributed by atoms with Gasteiger partial charge in [0.25, 0.3) is 0 Å². The van der Waals surface area contributed by atoms with Crippen LogP contribution in [0.1, 0.15) is 22.8 Å². The van der Waals surface area contributed by atoms with E-state index in [4.69, 9.17) is 0 Å². The topological polar surface area (TPSA) is 23.5 Å². The number of nitrogens with zero attached hydrogens (tertiary/aromatic N) is 1. The summed E-state index contributed by atoms with van der Waals surface area (Å²) in [5, 5.41) is 10.3. The van der Waals surface area contributed by atoms with Crippen LogP contribution in [0, 0.1) is 5.82 Å². The number of hydrogen-bond acceptors (Lipinski definition) is 2. The summed E-state index contributed by atoms with van der Waals surface area (Å²) in [6.45, 7) is 0.898. The average molecular weight is 299 g/mol. The third-order valence-corrected chi connectivity index (χ3v) is 3.44. The summed E-state index contributed by atoms with van der Waals surface area (Å²) in [6.07, 6.45) is 4.07. The van der Waals surface area contributed by atoms with Crippen LogP contribution < -0.4 is 0 Å². The van der Waals surface area contributed by atoms with Gasteiger partial charge in [-0.2, -0.15) is 0 Å². The number of aliphatic hydroxyl groups excluding tert-OH is 1. The molecule has 0 aliphatic rings. The van der Waals surface area contributed by atoms with E-state index in [1.165, 1.54) is 12.1 Å². The molecule has 2 nitrogen and oxygen atoms in total. The van der Waals surface area contributed by atoms with Crippen molar-refractivity contribution >= 4 is 6.08 Å². The maximum Gasteiger partial charge on any atom is 0.123 e. The van der Waals surface area contributed by atoms with E-state index in [2.05, 4.69) is 17.1 Å². The van der Waals surface area contributed by atoms with Gasteiger partial charge in [0.1, 0.15) is 5.82 Å². The first-order valence-electron chi connectivity index (χ1n) is 7.38. The van der Waals surface area contributed by atoms with Gasteiger partial charge in [0.05, 0.1) is 6.10 Å². The van der Waals surface area contributed by atoms with Crippen molar-refractivity contribution in [1.29, 1.82) is 0 Å².